The fourth-order valence-electron chi connectivity index (χ4n) is 12.6. The first-order valence-corrected chi connectivity index (χ1v) is 45.1. The van der Waals surface area contributed by atoms with E-state index in [1.54, 1.807) is 0 Å². The molecule has 0 spiro atoms. The van der Waals surface area contributed by atoms with Gasteiger partial charge in [0.1, 0.15) is 19.3 Å². The summed E-state index contributed by atoms with van der Waals surface area (Å²) >= 11 is 0. The Labute approximate surface area is 613 Å². The minimum atomic E-state index is -4.96. The first-order chi connectivity index (χ1) is 48.5. The van der Waals surface area contributed by atoms with Crippen LogP contribution >= 0.6 is 15.6 Å². The largest absolute Gasteiger partial charge is 0.472 e. The predicted octanol–water partition coefficient (Wildman–Crippen LogP) is 24.4. The van der Waals surface area contributed by atoms with Crippen LogP contribution in [0.3, 0.4) is 0 Å². The average molecular weight is 1470 g/mol. The predicted molar refractivity (Wildman–Crippen MR) is 409 cm³/mol. The lowest BCUT2D eigenvalue weighted by Crippen LogP contribution is -2.30. The van der Waals surface area contributed by atoms with Crippen LogP contribution in [0.15, 0.2) is 0 Å². The van der Waals surface area contributed by atoms with Crippen molar-refractivity contribution in [3.63, 3.8) is 0 Å². The third-order valence-electron chi connectivity index (χ3n) is 19.0. The first-order valence-electron chi connectivity index (χ1n) is 42.1. The molecule has 0 aromatic rings. The van der Waals surface area contributed by atoms with Crippen molar-refractivity contribution in [2.24, 2.45) is 5.92 Å². The Morgan fingerprint density at radius 2 is 0.460 bits per heavy atom. The molecule has 100 heavy (non-hydrogen) atoms. The van der Waals surface area contributed by atoms with Gasteiger partial charge in [0.2, 0.25) is 0 Å². The molecule has 2 unspecified atom stereocenters. The van der Waals surface area contributed by atoms with Crippen molar-refractivity contribution >= 4 is 39.5 Å². The van der Waals surface area contributed by atoms with Crippen LogP contribution in [-0.4, -0.2) is 96.7 Å². The molecule has 17 nitrogen and oxygen atoms in total. The number of ether oxygens (including phenoxy) is 4. The fraction of sp³-hybridized carbons (Fsp3) is 0.951. The van der Waals surface area contributed by atoms with E-state index in [2.05, 4.69) is 34.6 Å². The van der Waals surface area contributed by atoms with Gasteiger partial charge in [-0.3, -0.25) is 37.3 Å². The summed E-state index contributed by atoms with van der Waals surface area (Å²) in [6, 6.07) is 0. The number of hydrogen-bond acceptors (Lipinski definition) is 15. The molecule has 19 heteroatoms. The number of aliphatic hydroxyl groups excluding tert-OH is 1. The van der Waals surface area contributed by atoms with E-state index in [0.29, 0.717) is 31.6 Å². The molecule has 0 fully saturated rings. The van der Waals surface area contributed by atoms with Crippen molar-refractivity contribution in [1.29, 1.82) is 0 Å². The zero-order chi connectivity index (χ0) is 73.4. The molecule has 0 bridgehead atoms. The highest BCUT2D eigenvalue weighted by Crippen LogP contribution is 2.45. The highest BCUT2D eigenvalue weighted by molar-refractivity contribution is 7.47. The molecular formula is C81H158O17P2. The van der Waals surface area contributed by atoms with Gasteiger partial charge in [-0.15, -0.1) is 0 Å². The maximum atomic E-state index is 13.1. The second-order valence-corrected chi connectivity index (χ2v) is 32.5. The van der Waals surface area contributed by atoms with Crippen LogP contribution in [0.5, 0.6) is 0 Å². The van der Waals surface area contributed by atoms with E-state index in [1.165, 1.54) is 250 Å². The molecule has 0 saturated heterocycles. The van der Waals surface area contributed by atoms with E-state index in [-0.39, 0.29) is 25.7 Å². The van der Waals surface area contributed by atoms with E-state index >= 15 is 0 Å². The van der Waals surface area contributed by atoms with Crippen molar-refractivity contribution in [3.8, 4) is 0 Å². The first kappa shape index (κ1) is 98.1. The number of esters is 4. The summed E-state index contributed by atoms with van der Waals surface area (Å²) < 4.78 is 68.7. The third kappa shape index (κ3) is 74.3. The maximum absolute atomic E-state index is 13.1. The lowest BCUT2D eigenvalue weighted by Gasteiger charge is -2.21. The van der Waals surface area contributed by atoms with E-state index in [4.69, 9.17) is 37.0 Å². The molecule has 0 aromatic heterocycles. The average Bonchev–Trinajstić information content (AvgIpc) is 0.916. The lowest BCUT2D eigenvalue weighted by molar-refractivity contribution is -0.161. The number of carbonyl (C=O) groups is 4. The van der Waals surface area contributed by atoms with Crippen LogP contribution in [0.2, 0.25) is 0 Å². The third-order valence-corrected chi connectivity index (χ3v) is 20.9. The monoisotopic (exact) mass is 1470 g/mol. The van der Waals surface area contributed by atoms with Gasteiger partial charge in [-0.05, 0) is 31.6 Å². The number of carbonyl (C=O) groups excluding carboxylic acids is 4. The molecule has 0 aliphatic carbocycles. The Hall–Kier alpha value is -1.94. The van der Waals surface area contributed by atoms with Gasteiger partial charge in [0, 0.05) is 25.7 Å². The number of phosphoric acid groups is 2. The lowest BCUT2D eigenvalue weighted by atomic mass is 10.0. The van der Waals surface area contributed by atoms with Crippen LogP contribution in [0.25, 0.3) is 0 Å². The van der Waals surface area contributed by atoms with Gasteiger partial charge in [0.25, 0.3) is 0 Å². The zero-order valence-corrected chi connectivity index (χ0v) is 67.1. The summed E-state index contributed by atoms with van der Waals surface area (Å²) in [5.74, 6) is -1.40. The Kier molecular flexibility index (Phi) is 72.5. The number of phosphoric ester groups is 2. The van der Waals surface area contributed by atoms with Crippen LogP contribution < -0.4 is 0 Å². The minimum Gasteiger partial charge on any atom is -0.462 e. The van der Waals surface area contributed by atoms with E-state index in [0.717, 1.165) is 96.3 Å². The highest BCUT2D eigenvalue weighted by Gasteiger charge is 2.30. The van der Waals surface area contributed by atoms with Crippen LogP contribution in [0.1, 0.15) is 433 Å². The summed E-state index contributed by atoms with van der Waals surface area (Å²) in [5, 5.41) is 10.6. The minimum absolute atomic E-state index is 0.107. The Bertz CT molecular complexity index is 1910. The fourth-order valence-corrected chi connectivity index (χ4v) is 14.2. The van der Waals surface area contributed by atoms with Crippen LogP contribution in [-0.2, 0) is 65.4 Å². The molecule has 0 aliphatic heterocycles. The van der Waals surface area contributed by atoms with Crippen molar-refractivity contribution in [1.82, 2.24) is 0 Å². The normalized spacial score (nSPS) is 13.8. The molecule has 0 aromatic carbocycles. The van der Waals surface area contributed by atoms with Gasteiger partial charge >= 0.3 is 39.5 Å². The molecule has 5 atom stereocenters. The van der Waals surface area contributed by atoms with Crippen molar-refractivity contribution < 1.29 is 80.2 Å². The molecule has 0 aliphatic rings. The molecule has 0 amide bonds. The standard InChI is InChI=1S/C81H158O17P2/c1-6-9-12-15-18-21-24-27-29-31-32-33-34-36-38-40-43-46-51-57-62-67-81(86)97-76(70-91-78(83)64-59-54-49-44-42-39-37-35-30-28-25-22-19-16-13-10-7-2)72-95-99(87,88)93-68-75(82)69-94-100(89,90)96-73-77(71-92-79(84)65-60-55-52-47-48-53-58-63-74(4)5)98-80(85)66-61-56-50-45-41-26-23-20-17-14-11-8-3/h74-77,82H,6-73H2,1-5H3,(H,87,88)(H,89,90)/t75-,76-,77-/m1/s1. The summed E-state index contributed by atoms with van der Waals surface area (Å²) in [7, 11) is -9.92. The van der Waals surface area contributed by atoms with Crippen molar-refractivity contribution in [2.75, 3.05) is 39.6 Å². The molecule has 3 N–H and O–H groups in total. The summed E-state index contributed by atoms with van der Waals surface area (Å²) in [6.45, 7) is 7.27. The van der Waals surface area contributed by atoms with E-state index in [9.17, 15) is 43.2 Å². The van der Waals surface area contributed by atoms with Gasteiger partial charge in [0.15, 0.2) is 12.2 Å². The molecule has 0 heterocycles. The molecule has 0 saturated carbocycles. The van der Waals surface area contributed by atoms with Crippen molar-refractivity contribution in [3.05, 3.63) is 0 Å². The quantitative estimate of drug-likeness (QED) is 0.0222. The summed E-state index contributed by atoms with van der Waals surface area (Å²) in [6.07, 6.45) is 65.4. The second-order valence-electron chi connectivity index (χ2n) is 29.6. The Balaban J connectivity index is 5.21. The highest BCUT2D eigenvalue weighted by atomic mass is 31.2. The van der Waals surface area contributed by atoms with Gasteiger partial charge < -0.3 is 33.8 Å². The van der Waals surface area contributed by atoms with Gasteiger partial charge in [-0.2, -0.15) is 0 Å². The van der Waals surface area contributed by atoms with Gasteiger partial charge in [-0.25, -0.2) is 9.13 Å². The van der Waals surface area contributed by atoms with Gasteiger partial charge in [-0.1, -0.05) is 381 Å². The topological polar surface area (TPSA) is 237 Å². The number of aliphatic hydroxyl groups is 1. The van der Waals surface area contributed by atoms with E-state index < -0.39 is 97.5 Å². The van der Waals surface area contributed by atoms with E-state index in [1.807, 2.05) is 0 Å². The number of hydrogen-bond donors (Lipinski definition) is 3. The maximum Gasteiger partial charge on any atom is 0.472 e. The van der Waals surface area contributed by atoms with Crippen LogP contribution in [0.4, 0.5) is 0 Å². The van der Waals surface area contributed by atoms with Gasteiger partial charge in [0.05, 0.1) is 26.4 Å². The van der Waals surface area contributed by atoms with Crippen LogP contribution in [0, 0.1) is 5.92 Å². The SMILES string of the molecule is CCCCCCCCCCCCCCCCCCCCCCCC(=O)O[C@H](COC(=O)CCCCCCCCCCCCCCCCCCC)COP(=O)(O)OC[C@@H](O)COP(=O)(O)OC[C@@H](COC(=O)CCCCCCCCCC(C)C)OC(=O)CCCCCCCCCCCCCC. The summed E-state index contributed by atoms with van der Waals surface area (Å²) in [5.41, 5.74) is 0. The molecule has 0 rings (SSSR count). The smallest absolute Gasteiger partial charge is 0.462 e. The molecular weight excluding hydrogens is 1310 g/mol. The number of unbranched alkanes of at least 4 members (excludes halogenated alkanes) is 53. The second kappa shape index (κ2) is 73.9. The molecule has 0 radical (unpaired) electrons. The summed E-state index contributed by atoms with van der Waals surface area (Å²) in [4.78, 5) is 73.0. The Morgan fingerprint density at radius 3 is 0.680 bits per heavy atom. The zero-order valence-electron chi connectivity index (χ0n) is 65.3. The van der Waals surface area contributed by atoms with Crippen molar-refractivity contribution in [2.45, 2.75) is 451 Å². The Morgan fingerprint density at radius 1 is 0.270 bits per heavy atom. The number of rotatable bonds is 81. The molecule has 594 valence electrons.